The minimum Gasteiger partial charge on any atom is -0.448 e. The average Bonchev–Trinajstić information content (AvgIpc) is 3.29. The number of rotatable bonds is 5. The number of benzene rings is 1. The fourth-order valence-electron chi connectivity index (χ4n) is 2.26. The first-order chi connectivity index (χ1) is 12.5. The van der Waals surface area contributed by atoms with E-state index in [9.17, 15) is 9.59 Å². The van der Waals surface area contributed by atoms with Crippen LogP contribution in [0.1, 0.15) is 16.6 Å². The Balaban J connectivity index is 1.69. The van der Waals surface area contributed by atoms with Crippen molar-refractivity contribution in [3.05, 3.63) is 69.1 Å². The smallest absolute Gasteiger partial charge is 0.351 e. The van der Waals surface area contributed by atoms with Crippen LogP contribution in [-0.4, -0.2) is 22.5 Å². The third kappa shape index (κ3) is 3.93. The Kier molecular flexibility index (Phi) is 5.66. The van der Waals surface area contributed by atoms with Crippen molar-refractivity contribution >= 4 is 52.1 Å². The molecule has 0 saturated carbocycles. The van der Waals surface area contributed by atoms with E-state index in [2.05, 4.69) is 5.32 Å². The van der Waals surface area contributed by atoms with Crippen molar-refractivity contribution in [1.82, 2.24) is 4.57 Å². The van der Waals surface area contributed by atoms with Gasteiger partial charge in [0.25, 0.3) is 5.91 Å². The molecule has 1 aromatic carbocycles. The van der Waals surface area contributed by atoms with E-state index in [0.29, 0.717) is 21.3 Å². The molecule has 0 aliphatic rings. The highest BCUT2D eigenvalue weighted by atomic mass is 35.5. The van der Waals surface area contributed by atoms with Crippen molar-refractivity contribution < 1.29 is 14.3 Å². The van der Waals surface area contributed by atoms with Crippen molar-refractivity contribution in [2.45, 2.75) is 13.0 Å². The van der Waals surface area contributed by atoms with Gasteiger partial charge >= 0.3 is 5.97 Å². The van der Waals surface area contributed by atoms with E-state index in [4.69, 9.17) is 27.9 Å². The van der Waals surface area contributed by atoms with Crippen molar-refractivity contribution in [2.75, 3.05) is 5.32 Å². The summed E-state index contributed by atoms with van der Waals surface area (Å²) in [5.74, 6) is -1.06. The number of aromatic nitrogens is 1. The molecule has 1 atom stereocenters. The summed E-state index contributed by atoms with van der Waals surface area (Å²) in [5.41, 5.74) is 1.06. The molecule has 2 heterocycles. The standard InChI is InChI=1S/C18H14Cl2N2O3S/c1-11(17(23)21-13-6-4-5-12(19)15(13)20)25-18(24)16-14(7-10-26-16)22-8-2-3-9-22/h2-11H,1H3,(H,21,23). The first-order valence-electron chi connectivity index (χ1n) is 7.64. The Morgan fingerprint density at radius 2 is 1.88 bits per heavy atom. The van der Waals surface area contributed by atoms with Crippen LogP contribution < -0.4 is 5.32 Å². The van der Waals surface area contributed by atoms with Crippen LogP contribution >= 0.6 is 34.5 Å². The summed E-state index contributed by atoms with van der Waals surface area (Å²) in [4.78, 5) is 25.2. The number of hydrogen-bond donors (Lipinski definition) is 1. The van der Waals surface area contributed by atoms with Gasteiger partial charge in [0.1, 0.15) is 4.88 Å². The quantitative estimate of drug-likeness (QED) is 0.602. The minimum atomic E-state index is -1.00. The molecule has 1 unspecified atom stereocenters. The molecule has 0 spiro atoms. The highest BCUT2D eigenvalue weighted by molar-refractivity contribution is 7.12. The summed E-state index contributed by atoms with van der Waals surface area (Å²) in [5, 5.41) is 4.96. The molecule has 0 radical (unpaired) electrons. The molecule has 3 rings (SSSR count). The summed E-state index contributed by atoms with van der Waals surface area (Å²) in [6.45, 7) is 1.49. The Morgan fingerprint density at radius 3 is 2.62 bits per heavy atom. The molecular weight excluding hydrogens is 395 g/mol. The van der Waals surface area contributed by atoms with Crippen LogP contribution in [0.25, 0.3) is 5.69 Å². The number of thiophene rings is 1. The number of esters is 1. The number of halogens is 2. The fraction of sp³-hybridized carbons (Fsp3) is 0.111. The van der Waals surface area contributed by atoms with E-state index in [0.717, 1.165) is 0 Å². The Labute approximate surface area is 164 Å². The summed E-state index contributed by atoms with van der Waals surface area (Å²) >= 11 is 13.2. The van der Waals surface area contributed by atoms with Gasteiger partial charge in [-0.2, -0.15) is 0 Å². The molecule has 0 saturated heterocycles. The molecule has 0 aliphatic carbocycles. The maximum absolute atomic E-state index is 12.5. The number of nitrogens with zero attached hydrogens (tertiary/aromatic N) is 1. The highest BCUT2D eigenvalue weighted by Crippen LogP contribution is 2.29. The molecular formula is C18H14Cl2N2O3S. The lowest BCUT2D eigenvalue weighted by Gasteiger charge is -2.14. The Bertz CT molecular complexity index is 938. The minimum absolute atomic E-state index is 0.231. The van der Waals surface area contributed by atoms with Gasteiger partial charge in [0.15, 0.2) is 6.10 Å². The van der Waals surface area contributed by atoms with Crippen molar-refractivity contribution in [3.63, 3.8) is 0 Å². The number of nitrogens with one attached hydrogen (secondary N) is 1. The number of carbonyl (C=O) groups is 2. The fourth-order valence-corrected chi connectivity index (χ4v) is 3.38. The van der Waals surface area contributed by atoms with Crippen molar-refractivity contribution in [2.24, 2.45) is 0 Å². The van der Waals surface area contributed by atoms with Gasteiger partial charge in [0.2, 0.25) is 0 Å². The van der Waals surface area contributed by atoms with Gasteiger partial charge in [0, 0.05) is 12.4 Å². The van der Waals surface area contributed by atoms with Gasteiger partial charge in [-0.15, -0.1) is 11.3 Å². The first-order valence-corrected chi connectivity index (χ1v) is 9.27. The normalized spacial score (nSPS) is 11.8. The van der Waals surface area contributed by atoms with Gasteiger partial charge < -0.3 is 14.6 Å². The third-order valence-electron chi connectivity index (χ3n) is 3.57. The van der Waals surface area contributed by atoms with Crippen LogP contribution in [0.3, 0.4) is 0 Å². The molecule has 1 amide bonds. The zero-order chi connectivity index (χ0) is 18.7. The molecule has 134 valence electrons. The summed E-state index contributed by atoms with van der Waals surface area (Å²) < 4.78 is 7.12. The van der Waals surface area contributed by atoms with Crippen LogP contribution in [0, 0.1) is 0 Å². The largest absolute Gasteiger partial charge is 0.448 e. The van der Waals surface area contributed by atoms with E-state index < -0.39 is 18.0 Å². The Hall–Kier alpha value is -2.28. The lowest BCUT2D eigenvalue weighted by Crippen LogP contribution is -2.30. The monoisotopic (exact) mass is 408 g/mol. The molecule has 8 heteroatoms. The molecule has 2 aromatic heterocycles. The molecule has 1 N–H and O–H groups in total. The van der Waals surface area contributed by atoms with Gasteiger partial charge in [-0.25, -0.2) is 4.79 Å². The Morgan fingerprint density at radius 1 is 1.15 bits per heavy atom. The van der Waals surface area contributed by atoms with Gasteiger partial charge in [-0.05, 0) is 42.6 Å². The lowest BCUT2D eigenvalue weighted by molar-refractivity contribution is -0.123. The van der Waals surface area contributed by atoms with Crippen LogP contribution in [0.2, 0.25) is 10.0 Å². The molecule has 3 aromatic rings. The maximum atomic E-state index is 12.5. The topological polar surface area (TPSA) is 60.3 Å². The maximum Gasteiger partial charge on any atom is 0.351 e. The predicted molar refractivity (Wildman–Crippen MR) is 104 cm³/mol. The van der Waals surface area contributed by atoms with Crippen LogP contribution in [0.5, 0.6) is 0 Å². The van der Waals surface area contributed by atoms with Crippen LogP contribution in [0.4, 0.5) is 5.69 Å². The lowest BCUT2D eigenvalue weighted by atomic mass is 10.3. The van der Waals surface area contributed by atoms with E-state index >= 15 is 0 Å². The number of carbonyl (C=O) groups excluding carboxylic acids is 2. The van der Waals surface area contributed by atoms with Crippen LogP contribution in [0.15, 0.2) is 54.2 Å². The van der Waals surface area contributed by atoms with Gasteiger partial charge in [-0.1, -0.05) is 29.3 Å². The average molecular weight is 409 g/mol. The predicted octanol–water partition coefficient (Wildman–Crippen LogP) is 5.03. The molecule has 0 bridgehead atoms. The number of amides is 1. The van der Waals surface area contributed by atoms with Gasteiger partial charge in [-0.3, -0.25) is 4.79 Å². The van der Waals surface area contributed by atoms with E-state index in [1.165, 1.54) is 18.3 Å². The second-order valence-corrected chi connectivity index (χ2v) is 7.06. The second-order valence-electron chi connectivity index (χ2n) is 5.36. The van der Waals surface area contributed by atoms with Crippen molar-refractivity contribution in [3.8, 4) is 5.69 Å². The number of hydrogen-bond acceptors (Lipinski definition) is 4. The zero-order valence-corrected chi connectivity index (χ0v) is 15.9. The first kappa shape index (κ1) is 18.5. The van der Waals surface area contributed by atoms with E-state index in [-0.39, 0.29) is 5.02 Å². The SMILES string of the molecule is CC(OC(=O)c1sccc1-n1cccc1)C(=O)Nc1cccc(Cl)c1Cl. The number of anilines is 1. The summed E-state index contributed by atoms with van der Waals surface area (Å²) in [6, 6.07) is 10.4. The summed E-state index contributed by atoms with van der Waals surface area (Å²) in [7, 11) is 0. The highest BCUT2D eigenvalue weighted by Gasteiger charge is 2.23. The van der Waals surface area contributed by atoms with Crippen molar-refractivity contribution in [1.29, 1.82) is 0 Å². The van der Waals surface area contributed by atoms with E-state index in [1.54, 1.807) is 23.6 Å². The zero-order valence-electron chi connectivity index (χ0n) is 13.6. The molecule has 0 aliphatic heterocycles. The summed E-state index contributed by atoms with van der Waals surface area (Å²) in [6.07, 6.45) is 2.66. The second kappa shape index (κ2) is 7.95. The molecule has 26 heavy (non-hydrogen) atoms. The molecule has 0 fully saturated rings. The van der Waals surface area contributed by atoms with Gasteiger partial charge in [0.05, 0.1) is 21.4 Å². The van der Waals surface area contributed by atoms with E-state index in [1.807, 2.05) is 35.2 Å². The number of ether oxygens (including phenoxy) is 1. The third-order valence-corrected chi connectivity index (χ3v) is 5.28. The molecule has 5 nitrogen and oxygen atoms in total. The van der Waals surface area contributed by atoms with Crippen LogP contribution in [-0.2, 0) is 9.53 Å².